The molecular weight excluding hydrogens is 404 g/mol. The highest BCUT2D eigenvalue weighted by Crippen LogP contribution is 2.40. The highest BCUT2D eigenvalue weighted by molar-refractivity contribution is 7.78. The van der Waals surface area contributed by atoms with Gasteiger partial charge in [-0.2, -0.15) is 0 Å². The van der Waals surface area contributed by atoms with E-state index in [1.807, 2.05) is 60.7 Å². The number of benzene rings is 2. The van der Waals surface area contributed by atoms with Crippen LogP contribution in [0.15, 0.2) is 73.1 Å². The predicted octanol–water partition coefficient (Wildman–Crippen LogP) is 4.93. The van der Waals surface area contributed by atoms with Crippen LogP contribution in [-0.2, 0) is 16.8 Å². The summed E-state index contributed by atoms with van der Waals surface area (Å²) in [6.45, 7) is 0. The summed E-state index contributed by atoms with van der Waals surface area (Å²) in [5.74, 6) is 0.804. The van der Waals surface area contributed by atoms with Crippen molar-refractivity contribution in [1.82, 2.24) is 9.97 Å². The van der Waals surface area contributed by atoms with Crippen LogP contribution in [0.4, 0.5) is 0 Å². The summed E-state index contributed by atoms with van der Waals surface area (Å²) in [5.41, 5.74) is 4.64. The zero-order chi connectivity index (χ0) is 20.2. The fourth-order valence-corrected chi connectivity index (χ4v) is 4.53. The molecule has 0 saturated heterocycles. The van der Waals surface area contributed by atoms with Crippen molar-refractivity contribution in [2.45, 2.75) is 5.75 Å². The molecule has 7 heteroatoms. The first-order chi connectivity index (χ1) is 14.1. The normalized spacial score (nSPS) is 11.9. The van der Waals surface area contributed by atoms with Gasteiger partial charge < -0.3 is 9.29 Å². The molecule has 0 aliphatic heterocycles. The summed E-state index contributed by atoms with van der Waals surface area (Å²) in [6.07, 6.45) is 3.54. The van der Waals surface area contributed by atoms with Crippen molar-refractivity contribution >= 4 is 22.4 Å². The van der Waals surface area contributed by atoms with Crippen molar-refractivity contribution in [2.75, 3.05) is 7.11 Å². The van der Waals surface area contributed by atoms with E-state index < -0.39 is 11.1 Å². The van der Waals surface area contributed by atoms with E-state index in [2.05, 4.69) is 4.98 Å². The third-order valence-corrected chi connectivity index (χ3v) is 6.14. The Morgan fingerprint density at radius 1 is 0.931 bits per heavy atom. The van der Waals surface area contributed by atoms with Crippen LogP contribution in [0.2, 0.25) is 0 Å². The Morgan fingerprint density at radius 2 is 1.59 bits per heavy atom. The maximum Gasteiger partial charge on any atom is 0.124 e. The molecule has 2 aromatic heterocycles. The number of thiazole rings is 1. The number of aromatic nitrogens is 2. The SMILES string of the molecule is COc1ccc(-c2nc(-c3ccc(CS(=O)[O-])cc3)sc2-c2ccncc2)cc1. The Balaban J connectivity index is 1.78. The molecule has 5 nitrogen and oxygen atoms in total. The number of pyridine rings is 1. The van der Waals surface area contributed by atoms with Crippen LogP contribution in [0.5, 0.6) is 5.75 Å². The third kappa shape index (κ3) is 4.42. The second-order valence-corrected chi connectivity index (χ2v) is 8.20. The molecule has 0 spiro atoms. The molecule has 0 fully saturated rings. The number of rotatable bonds is 6. The Kier molecular flexibility index (Phi) is 5.80. The molecule has 1 atom stereocenters. The second-order valence-electron chi connectivity index (χ2n) is 6.31. The highest BCUT2D eigenvalue weighted by Gasteiger charge is 2.16. The van der Waals surface area contributed by atoms with Crippen LogP contribution in [0.1, 0.15) is 5.56 Å². The van der Waals surface area contributed by atoms with Crippen molar-refractivity contribution < 1.29 is 13.5 Å². The van der Waals surface area contributed by atoms with Crippen molar-refractivity contribution in [3.63, 3.8) is 0 Å². The van der Waals surface area contributed by atoms with Crippen LogP contribution < -0.4 is 4.74 Å². The summed E-state index contributed by atoms with van der Waals surface area (Å²) in [7, 11) is 1.64. The number of hydrogen-bond acceptors (Lipinski definition) is 6. The standard InChI is InChI=1S/C22H18N2O3S2/c1-27-19-8-6-16(7-9-19)20-21(17-10-12-23-13-11-17)28-22(24-20)18-4-2-15(3-5-18)14-29(25)26/h2-13H,14H2,1H3,(H,25,26)/p-1. The van der Waals surface area contributed by atoms with Gasteiger partial charge in [0.25, 0.3) is 0 Å². The zero-order valence-electron chi connectivity index (χ0n) is 15.6. The summed E-state index contributed by atoms with van der Waals surface area (Å²) in [4.78, 5) is 10.1. The molecule has 0 bridgehead atoms. The van der Waals surface area contributed by atoms with Crippen molar-refractivity contribution in [2.24, 2.45) is 0 Å². The quantitative estimate of drug-likeness (QED) is 0.413. The molecule has 4 rings (SSSR count). The largest absolute Gasteiger partial charge is 0.772 e. The van der Waals surface area contributed by atoms with E-state index in [0.717, 1.165) is 43.6 Å². The van der Waals surface area contributed by atoms with Gasteiger partial charge >= 0.3 is 0 Å². The lowest BCUT2D eigenvalue weighted by atomic mass is 10.1. The number of ether oxygens (including phenoxy) is 1. The molecule has 0 aliphatic carbocycles. The van der Waals surface area contributed by atoms with Crippen molar-refractivity contribution in [1.29, 1.82) is 0 Å². The van der Waals surface area contributed by atoms with E-state index in [1.165, 1.54) is 0 Å². The Bertz CT molecular complexity index is 1130. The molecule has 0 amide bonds. The molecular formula is C22H17N2O3S2-. The van der Waals surface area contributed by atoms with Gasteiger partial charge in [0.05, 0.1) is 17.7 Å². The number of methoxy groups -OCH3 is 1. The van der Waals surface area contributed by atoms with E-state index in [9.17, 15) is 8.76 Å². The average Bonchev–Trinajstić information content (AvgIpc) is 3.20. The summed E-state index contributed by atoms with van der Waals surface area (Å²) >= 11 is -0.501. The first-order valence-corrected chi connectivity index (χ1v) is 10.9. The van der Waals surface area contributed by atoms with Gasteiger partial charge in [-0.15, -0.1) is 11.3 Å². The van der Waals surface area contributed by atoms with Crippen LogP contribution >= 0.6 is 11.3 Å². The topological polar surface area (TPSA) is 75.1 Å². The van der Waals surface area contributed by atoms with Gasteiger partial charge in [0.15, 0.2) is 0 Å². The van der Waals surface area contributed by atoms with Crippen LogP contribution in [0.3, 0.4) is 0 Å². The predicted molar refractivity (Wildman–Crippen MR) is 115 cm³/mol. The average molecular weight is 422 g/mol. The first-order valence-electron chi connectivity index (χ1n) is 8.85. The van der Waals surface area contributed by atoms with Crippen LogP contribution in [0.25, 0.3) is 32.3 Å². The van der Waals surface area contributed by atoms with Gasteiger partial charge in [0.2, 0.25) is 0 Å². The molecule has 0 N–H and O–H groups in total. The minimum atomic E-state index is -2.10. The van der Waals surface area contributed by atoms with Gasteiger partial charge in [-0.05, 0) is 47.5 Å². The lowest BCUT2D eigenvalue weighted by Gasteiger charge is -2.05. The molecule has 0 radical (unpaired) electrons. The molecule has 29 heavy (non-hydrogen) atoms. The minimum Gasteiger partial charge on any atom is -0.772 e. The monoisotopic (exact) mass is 421 g/mol. The second kappa shape index (κ2) is 8.65. The summed E-state index contributed by atoms with van der Waals surface area (Å²) < 4.78 is 27.1. The van der Waals surface area contributed by atoms with E-state index in [0.29, 0.717) is 0 Å². The summed E-state index contributed by atoms with van der Waals surface area (Å²) in [6, 6.07) is 19.2. The lowest BCUT2D eigenvalue weighted by Crippen LogP contribution is -1.92. The van der Waals surface area contributed by atoms with Crippen molar-refractivity contribution in [3.05, 3.63) is 78.6 Å². The maximum absolute atomic E-state index is 10.9. The first kappa shape index (κ1) is 19.4. The zero-order valence-corrected chi connectivity index (χ0v) is 17.2. The van der Waals surface area contributed by atoms with E-state index in [4.69, 9.17) is 9.72 Å². The van der Waals surface area contributed by atoms with Crippen LogP contribution in [-0.4, -0.2) is 25.8 Å². The van der Waals surface area contributed by atoms with Crippen molar-refractivity contribution in [3.8, 4) is 38.0 Å². The summed E-state index contributed by atoms with van der Waals surface area (Å²) in [5, 5.41) is 0.873. The van der Waals surface area contributed by atoms with E-state index >= 15 is 0 Å². The highest BCUT2D eigenvalue weighted by atomic mass is 32.2. The van der Waals surface area contributed by atoms with Gasteiger partial charge in [-0.25, -0.2) is 4.98 Å². The van der Waals surface area contributed by atoms with Gasteiger partial charge in [0, 0.05) is 29.3 Å². The van der Waals surface area contributed by atoms with Crippen LogP contribution in [0, 0.1) is 0 Å². The smallest absolute Gasteiger partial charge is 0.124 e. The molecule has 0 saturated carbocycles. The molecule has 2 heterocycles. The minimum absolute atomic E-state index is 0.0114. The Hall–Kier alpha value is -2.87. The molecule has 0 aliphatic rings. The Morgan fingerprint density at radius 3 is 2.21 bits per heavy atom. The van der Waals surface area contributed by atoms with Gasteiger partial charge in [-0.1, -0.05) is 35.3 Å². The molecule has 1 unspecified atom stereocenters. The third-order valence-electron chi connectivity index (χ3n) is 4.42. The fourth-order valence-electron chi connectivity index (χ4n) is 2.97. The Labute approximate surface area is 175 Å². The lowest BCUT2D eigenvalue weighted by molar-refractivity contribution is 0.415. The van der Waals surface area contributed by atoms with Gasteiger partial charge in [-0.3, -0.25) is 9.19 Å². The maximum atomic E-state index is 10.9. The van der Waals surface area contributed by atoms with E-state index in [1.54, 1.807) is 30.8 Å². The molecule has 4 aromatic rings. The molecule has 2 aromatic carbocycles. The number of hydrogen-bond donors (Lipinski definition) is 0. The number of nitrogens with zero attached hydrogens (tertiary/aromatic N) is 2. The fraction of sp³-hybridized carbons (Fsp3) is 0.0909. The van der Waals surface area contributed by atoms with E-state index in [-0.39, 0.29) is 5.75 Å². The van der Waals surface area contributed by atoms with Gasteiger partial charge in [0.1, 0.15) is 10.8 Å². The molecule has 146 valence electrons.